The predicted octanol–water partition coefficient (Wildman–Crippen LogP) is 4.43. The van der Waals surface area contributed by atoms with Gasteiger partial charge in [-0.2, -0.15) is 0 Å². The van der Waals surface area contributed by atoms with Gasteiger partial charge in [0.15, 0.2) is 17.3 Å². The van der Waals surface area contributed by atoms with Crippen LogP contribution in [0.15, 0.2) is 52.3 Å². The Bertz CT molecular complexity index is 862. The van der Waals surface area contributed by atoms with E-state index in [4.69, 9.17) is 18.7 Å². The standard InChI is InChI=1S/C18H16N2O5/c1-22-15-8-12(9-16(23-2)18(15)24-3)17-14(10-19-25-17)11-4-6-13(20-21)7-5-11/h4-10H,1-3H3. The summed E-state index contributed by atoms with van der Waals surface area (Å²) in [5.41, 5.74) is 2.69. The van der Waals surface area contributed by atoms with Gasteiger partial charge in [-0.25, -0.2) is 0 Å². The lowest BCUT2D eigenvalue weighted by Gasteiger charge is -2.13. The molecule has 0 spiro atoms. The van der Waals surface area contributed by atoms with Gasteiger partial charge in [0, 0.05) is 11.1 Å². The Morgan fingerprint density at radius 3 is 2.08 bits per heavy atom. The highest BCUT2D eigenvalue weighted by Crippen LogP contribution is 2.43. The van der Waals surface area contributed by atoms with Crippen LogP contribution in [-0.2, 0) is 0 Å². The van der Waals surface area contributed by atoms with Crippen LogP contribution in [0.4, 0.5) is 5.69 Å². The fourth-order valence-corrected chi connectivity index (χ4v) is 2.57. The summed E-state index contributed by atoms with van der Waals surface area (Å²) < 4.78 is 21.5. The molecule has 0 bridgehead atoms. The molecule has 3 rings (SSSR count). The number of benzene rings is 2. The number of ether oxygens (including phenoxy) is 3. The summed E-state index contributed by atoms with van der Waals surface area (Å²) in [4.78, 5) is 10.6. The Labute approximate surface area is 144 Å². The molecule has 0 aliphatic carbocycles. The second-order valence-electron chi connectivity index (χ2n) is 5.12. The van der Waals surface area contributed by atoms with Crippen molar-refractivity contribution < 1.29 is 18.7 Å². The fourth-order valence-electron chi connectivity index (χ4n) is 2.57. The van der Waals surface area contributed by atoms with Gasteiger partial charge in [-0.05, 0) is 35.0 Å². The Morgan fingerprint density at radius 1 is 0.920 bits per heavy atom. The first-order valence-corrected chi connectivity index (χ1v) is 7.40. The molecule has 0 radical (unpaired) electrons. The lowest BCUT2D eigenvalue weighted by atomic mass is 10.0. The normalized spacial score (nSPS) is 10.4. The largest absolute Gasteiger partial charge is 0.493 e. The third kappa shape index (κ3) is 3.03. The third-order valence-electron chi connectivity index (χ3n) is 3.78. The molecule has 3 aromatic rings. The topological polar surface area (TPSA) is 83.2 Å². The van der Waals surface area contributed by atoms with Crippen molar-refractivity contribution in [3.8, 4) is 39.7 Å². The Morgan fingerprint density at radius 2 is 1.56 bits per heavy atom. The molecular formula is C18H16N2O5. The maximum atomic E-state index is 10.6. The highest BCUT2D eigenvalue weighted by Gasteiger charge is 2.19. The number of rotatable bonds is 6. The number of hydrogen-bond donors (Lipinski definition) is 0. The molecule has 0 saturated carbocycles. The number of hydrogen-bond acceptors (Lipinski definition) is 7. The summed E-state index contributed by atoms with van der Waals surface area (Å²) >= 11 is 0. The van der Waals surface area contributed by atoms with Crippen molar-refractivity contribution in [1.29, 1.82) is 0 Å². The Hall–Kier alpha value is -3.35. The summed E-state index contributed by atoms with van der Waals surface area (Å²) in [5.74, 6) is 2.07. The van der Waals surface area contributed by atoms with E-state index in [0.29, 0.717) is 28.7 Å². The van der Waals surface area contributed by atoms with E-state index >= 15 is 0 Å². The van der Waals surface area contributed by atoms with E-state index in [2.05, 4.69) is 10.3 Å². The molecule has 0 saturated heterocycles. The van der Waals surface area contributed by atoms with Crippen LogP contribution in [0.2, 0.25) is 0 Å². The molecule has 25 heavy (non-hydrogen) atoms. The maximum absolute atomic E-state index is 10.6. The van der Waals surface area contributed by atoms with Gasteiger partial charge in [-0.3, -0.25) is 0 Å². The average Bonchev–Trinajstić information content (AvgIpc) is 3.16. The molecule has 0 aliphatic rings. The fraction of sp³-hybridized carbons (Fsp3) is 0.167. The van der Waals surface area contributed by atoms with E-state index in [9.17, 15) is 4.91 Å². The molecule has 0 unspecified atom stereocenters. The molecule has 0 fully saturated rings. The van der Waals surface area contributed by atoms with E-state index in [1.54, 1.807) is 63.9 Å². The van der Waals surface area contributed by atoms with Gasteiger partial charge in [-0.15, -0.1) is 4.91 Å². The average molecular weight is 340 g/mol. The van der Waals surface area contributed by atoms with E-state index in [1.807, 2.05) is 0 Å². The lowest BCUT2D eigenvalue weighted by molar-refractivity contribution is 0.324. The van der Waals surface area contributed by atoms with Gasteiger partial charge in [0.25, 0.3) is 0 Å². The van der Waals surface area contributed by atoms with E-state index < -0.39 is 0 Å². The van der Waals surface area contributed by atoms with Crippen molar-refractivity contribution in [1.82, 2.24) is 5.16 Å². The summed E-state index contributed by atoms with van der Waals surface area (Å²) in [6.45, 7) is 0. The molecule has 2 aromatic carbocycles. The first-order chi connectivity index (χ1) is 12.2. The van der Waals surface area contributed by atoms with Crippen molar-refractivity contribution >= 4 is 5.69 Å². The minimum Gasteiger partial charge on any atom is -0.493 e. The van der Waals surface area contributed by atoms with E-state index in [-0.39, 0.29) is 0 Å². The van der Waals surface area contributed by atoms with Crippen LogP contribution in [0, 0.1) is 4.91 Å². The molecule has 1 heterocycles. The molecule has 0 aliphatic heterocycles. The van der Waals surface area contributed by atoms with Gasteiger partial charge < -0.3 is 18.7 Å². The predicted molar refractivity (Wildman–Crippen MR) is 92.5 cm³/mol. The Kier molecular flexibility index (Phi) is 4.65. The van der Waals surface area contributed by atoms with Crippen molar-refractivity contribution in [2.24, 2.45) is 5.18 Å². The zero-order valence-corrected chi connectivity index (χ0v) is 14.0. The molecule has 1 aromatic heterocycles. The first-order valence-electron chi connectivity index (χ1n) is 7.40. The molecular weight excluding hydrogens is 324 g/mol. The second-order valence-corrected chi connectivity index (χ2v) is 5.12. The summed E-state index contributed by atoms with van der Waals surface area (Å²) in [6.07, 6.45) is 1.61. The SMILES string of the molecule is COc1cc(-c2oncc2-c2ccc(N=O)cc2)cc(OC)c1OC. The van der Waals surface area contributed by atoms with Gasteiger partial charge >= 0.3 is 0 Å². The molecule has 128 valence electrons. The quantitative estimate of drug-likeness (QED) is 0.617. The maximum Gasteiger partial charge on any atom is 0.203 e. The molecule has 7 heteroatoms. The second kappa shape index (κ2) is 7.04. The number of methoxy groups -OCH3 is 3. The van der Waals surface area contributed by atoms with E-state index in [0.717, 1.165) is 16.7 Å². The van der Waals surface area contributed by atoms with Crippen molar-refractivity contribution in [2.75, 3.05) is 21.3 Å². The van der Waals surface area contributed by atoms with Gasteiger partial charge in [0.05, 0.1) is 27.5 Å². The van der Waals surface area contributed by atoms with Crippen LogP contribution >= 0.6 is 0 Å². The zero-order chi connectivity index (χ0) is 17.8. The zero-order valence-electron chi connectivity index (χ0n) is 14.0. The number of nitroso groups, excluding NO2 is 1. The summed E-state index contributed by atoms with van der Waals surface area (Å²) in [6, 6.07) is 10.4. The van der Waals surface area contributed by atoms with Crippen molar-refractivity contribution in [3.05, 3.63) is 47.5 Å². The van der Waals surface area contributed by atoms with Crippen LogP contribution < -0.4 is 14.2 Å². The molecule has 0 amide bonds. The smallest absolute Gasteiger partial charge is 0.203 e. The Balaban J connectivity index is 2.11. The van der Waals surface area contributed by atoms with Crippen LogP contribution in [0.3, 0.4) is 0 Å². The third-order valence-corrected chi connectivity index (χ3v) is 3.78. The first kappa shape index (κ1) is 16.5. The molecule has 7 nitrogen and oxygen atoms in total. The summed E-state index contributed by atoms with van der Waals surface area (Å²) in [7, 11) is 4.64. The minimum atomic E-state index is 0.356. The summed E-state index contributed by atoms with van der Waals surface area (Å²) in [5, 5.41) is 6.80. The minimum absolute atomic E-state index is 0.356. The van der Waals surface area contributed by atoms with Crippen LogP contribution in [0.25, 0.3) is 22.5 Å². The van der Waals surface area contributed by atoms with Crippen molar-refractivity contribution in [3.63, 3.8) is 0 Å². The van der Waals surface area contributed by atoms with Gasteiger partial charge in [0.2, 0.25) is 5.75 Å². The highest BCUT2D eigenvalue weighted by molar-refractivity contribution is 5.81. The molecule has 0 atom stereocenters. The van der Waals surface area contributed by atoms with Crippen molar-refractivity contribution in [2.45, 2.75) is 0 Å². The van der Waals surface area contributed by atoms with Crippen LogP contribution in [0.5, 0.6) is 17.2 Å². The van der Waals surface area contributed by atoms with Gasteiger partial charge in [-0.1, -0.05) is 17.3 Å². The van der Waals surface area contributed by atoms with Gasteiger partial charge in [0.1, 0.15) is 5.69 Å². The van der Waals surface area contributed by atoms with Crippen LogP contribution in [-0.4, -0.2) is 26.5 Å². The lowest BCUT2D eigenvalue weighted by Crippen LogP contribution is -1.95. The number of aromatic nitrogens is 1. The van der Waals surface area contributed by atoms with E-state index in [1.165, 1.54) is 0 Å². The highest BCUT2D eigenvalue weighted by atomic mass is 16.5. The van der Waals surface area contributed by atoms with Crippen LogP contribution in [0.1, 0.15) is 0 Å². The monoisotopic (exact) mass is 340 g/mol. The molecule has 0 N–H and O–H groups in total. The number of nitrogens with zero attached hydrogens (tertiary/aromatic N) is 2.